The Morgan fingerprint density at radius 1 is 1.24 bits per heavy atom. The van der Waals surface area contributed by atoms with Crippen LogP contribution in [0.1, 0.15) is 6.92 Å². The lowest BCUT2D eigenvalue weighted by atomic mass is 10.1. The number of morpholine rings is 1. The van der Waals surface area contributed by atoms with Crippen LogP contribution in [0.15, 0.2) is 30.5 Å². The smallest absolute Gasteiger partial charge is 0.126 e. The molecule has 0 spiro atoms. The molecule has 0 amide bonds. The lowest BCUT2D eigenvalue weighted by Gasteiger charge is -2.35. The number of nitrogen functional groups attached to an aromatic ring is 2. The van der Waals surface area contributed by atoms with Crippen LogP contribution in [0.3, 0.4) is 0 Å². The molecule has 6 nitrogen and oxygen atoms in total. The molecule has 6 heteroatoms. The number of pyridine rings is 2. The van der Waals surface area contributed by atoms with Gasteiger partial charge in [-0.25, -0.2) is 9.97 Å². The van der Waals surface area contributed by atoms with E-state index in [0.29, 0.717) is 17.7 Å². The second-order valence-corrected chi connectivity index (χ2v) is 5.22. The van der Waals surface area contributed by atoms with Gasteiger partial charge in [-0.05, 0) is 25.1 Å². The Hall–Kier alpha value is -2.34. The van der Waals surface area contributed by atoms with Crippen molar-refractivity contribution in [3.8, 4) is 11.3 Å². The quantitative estimate of drug-likeness (QED) is 0.869. The van der Waals surface area contributed by atoms with Gasteiger partial charge < -0.3 is 21.1 Å². The molecular formula is C15H19N5O. The molecule has 21 heavy (non-hydrogen) atoms. The zero-order valence-electron chi connectivity index (χ0n) is 12.0. The van der Waals surface area contributed by atoms with Crippen molar-refractivity contribution in [1.82, 2.24) is 9.97 Å². The number of anilines is 3. The first-order valence-electron chi connectivity index (χ1n) is 6.97. The summed E-state index contributed by atoms with van der Waals surface area (Å²) in [6.07, 6.45) is 1.67. The highest BCUT2D eigenvalue weighted by Gasteiger charge is 2.20. The molecule has 1 fully saturated rings. The Bertz CT molecular complexity index is 646. The van der Waals surface area contributed by atoms with Crippen molar-refractivity contribution in [2.24, 2.45) is 0 Å². The van der Waals surface area contributed by atoms with E-state index in [4.69, 9.17) is 16.2 Å². The monoisotopic (exact) mass is 285 g/mol. The summed E-state index contributed by atoms with van der Waals surface area (Å²) >= 11 is 0. The van der Waals surface area contributed by atoms with Crippen molar-refractivity contribution < 1.29 is 4.74 Å². The van der Waals surface area contributed by atoms with Crippen molar-refractivity contribution in [2.75, 3.05) is 36.1 Å². The molecule has 110 valence electrons. The Morgan fingerprint density at radius 2 is 2.10 bits per heavy atom. The molecular weight excluding hydrogens is 266 g/mol. The van der Waals surface area contributed by atoms with Gasteiger partial charge in [-0.1, -0.05) is 0 Å². The minimum Gasteiger partial charge on any atom is -0.384 e. The zero-order chi connectivity index (χ0) is 14.8. The highest BCUT2D eigenvalue weighted by molar-refractivity contribution is 5.69. The van der Waals surface area contributed by atoms with E-state index in [1.165, 1.54) is 0 Å². The van der Waals surface area contributed by atoms with Crippen LogP contribution >= 0.6 is 0 Å². The van der Waals surface area contributed by atoms with E-state index < -0.39 is 0 Å². The van der Waals surface area contributed by atoms with Crippen molar-refractivity contribution in [3.63, 3.8) is 0 Å². The molecule has 2 aromatic heterocycles. The van der Waals surface area contributed by atoms with Gasteiger partial charge in [0.2, 0.25) is 0 Å². The Labute approximate surface area is 123 Å². The van der Waals surface area contributed by atoms with Crippen LogP contribution in [0.5, 0.6) is 0 Å². The normalized spacial score (nSPS) is 18.7. The van der Waals surface area contributed by atoms with Gasteiger partial charge in [0.05, 0.1) is 18.9 Å². The Morgan fingerprint density at radius 3 is 2.86 bits per heavy atom. The summed E-state index contributed by atoms with van der Waals surface area (Å²) < 4.78 is 5.48. The van der Waals surface area contributed by atoms with Gasteiger partial charge in [-0.3, -0.25) is 0 Å². The van der Waals surface area contributed by atoms with Crippen LogP contribution in [-0.2, 0) is 4.74 Å². The van der Waals surface area contributed by atoms with Crippen LogP contribution in [-0.4, -0.2) is 35.8 Å². The summed E-state index contributed by atoms with van der Waals surface area (Å²) in [4.78, 5) is 10.7. The average molecular weight is 285 g/mol. The number of hydrogen-bond donors (Lipinski definition) is 2. The third-order valence-corrected chi connectivity index (χ3v) is 3.61. The molecule has 0 bridgehead atoms. The van der Waals surface area contributed by atoms with Crippen LogP contribution in [0.2, 0.25) is 0 Å². The molecule has 0 saturated carbocycles. The highest BCUT2D eigenvalue weighted by Crippen LogP contribution is 2.27. The summed E-state index contributed by atoms with van der Waals surface area (Å²) in [6.45, 7) is 4.44. The van der Waals surface area contributed by atoms with Gasteiger partial charge in [-0.15, -0.1) is 0 Å². The first-order valence-corrected chi connectivity index (χ1v) is 6.97. The number of ether oxygens (including phenoxy) is 1. The van der Waals surface area contributed by atoms with E-state index in [9.17, 15) is 0 Å². The van der Waals surface area contributed by atoms with Crippen LogP contribution in [0.4, 0.5) is 17.3 Å². The molecule has 1 aliphatic rings. The fourth-order valence-electron chi connectivity index (χ4n) is 2.57. The standard InChI is InChI=1S/C15H19N5O/c1-10-9-21-5-4-20(10)12-7-13(19-15(17)8-12)11-2-3-18-14(16)6-11/h2-3,6-8,10H,4-5,9H2,1H3,(H2,16,18)(H2,17,19). The number of hydrogen-bond acceptors (Lipinski definition) is 6. The van der Waals surface area contributed by atoms with E-state index in [1.807, 2.05) is 18.2 Å². The number of nitrogens with two attached hydrogens (primary N) is 2. The first-order chi connectivity index (χ1) is 10.1. The summed E-state index contributed by atoms with van der Waals surface area (Å²) in [5, 5.41) is 0. The lowest BCUT2D eigenvalue weighted by Crippen LogP contribution is -2.43. The van der Waals surface area contributed by atoms with Crippen molar-refractivity contribution in [1.29, 1.82) is 0 Å². The fourth-order valence-corrected chi connectivity index (χ4v) is 2.57. The maximum absolute atomic E-state index is 5.97. The summed E-state index contributed by atoms with van der Waals surface area (Å²) in [5.41, 5.74) is 14.5. The van der Waals surface area contributed by atoms with Crippen molar-refractivity contribution in [3.05, 3.63) is 30.5 Å². The van der Waals surface area contributed by atoms with E-state index in [1.54, 1.807) is 12.3 Å². The first kappa shape index (κ1) is 13.6. The van der Waals surface area contributed by atoms with Crippen molar-refractivity contribution in [2.45, 2.75) is 13.0 Å². The molecule has 0 aliphatic carbocycles. The van der Waals surface area contributed by atoms with Crippen LogP contribution < -0.4 is 16.4 Å². The SMILES string of the molecule is CC1COCCN1c1cc(N)nc(-c2ccnc(N)c2)c1. The molecule has 1 atom stereocenters. The fraction of sp³-hybridized carbons (Fsp3) is 0.333. The van der Waals surface area contributed by atoms with Gasteiger partial charge in [-0.2, -0.15) is 0 Å². The third-order valence-electron chi connectivity index (χ3n) is 3.61. The minimum absolute atomic E-state index is 0.316. The number of nitrogens with zero attached hydrogens (tertiary/aromatic N) is 3. The maximum Gasteiger partial charge on any atom is 0.126 e. The predicted molar refractivity (Wildman–Crippen MR) is 83.9 cm³/mol. The maximum atomic E-state index is 5.97. The van der Waals surface area contributed by atoms with Crippen molar-refractivity contribution >= 4 is 17.3 Å². The minimum atomic E-state index is 0.316. The van der Waals surface area contributed by atoms with Crippen LogP contribution in [0, 0.1) is 0 Å². The van der Waals surface area contributed by atoms with Gasteiger partial charge in [0, 0.05) is 36.1 Å². The molecule has 0 aromatic carbocycles. The molecule has 1 unspecified atom stereocenters. The number of rotatable bonds is 2. The molecule has 2 aromatic rings. The predicted octanol–water partition coefficient (Wildman–Crippen LogP) is 1.53. The Kier molecular flexibility index (Phi) is 3.62. The summed E-state index contributed by atoms with van der Waals surface area (Å²) in [6, 6.07) is 7.93. The van der Waals surface area contributed by atoms with Gasteiger partial charge in [0.25, 0.3) is 0 Å². The van der Waals surface area contributed by atoms with Crippen LogP contribution in [0.25, 0.3) is 11.3 Å². The zero-order valence-corrected chi connectivity index (χ0v) is 12.0. The lowest BCUT2D eigenvalue weighted by molar-refractivity contribution is 0.0989. The Balaban J connectivity index is 2.00. The summed E-state index contributed by atoms with van der Waals surface area (Å²) in [7, 11) is 0. The largest absolute Gasteiger partial charge is 0.384 e. The van der Waals surface area contributed by atoms with E-state index >= 15 is 0 Å². The second-order valence-electron chi connectivity index (χ2n) is 5.22. The number of aromatic nitrogens is 2. The van der Waals surface area contributed by atoms with Gasteiger partial charge in [0.15, 0.2) is 0 Å². The molecule has 1 aliphatic heterocycles. The molecule has 4 N–H and O–H groups in total. The van der Waals surface area contributed by atoms with Gasteiger partial charge >= 0.3 is 0 Å². The second kappa shape index (κ2) is 5.57. The molecule has 3 heterocycles. The van der Waals surface area contributed by atoms with E-state index in [-0.39, 0.29) is 0 Å². The highest BCUT2D eigenvalue weighted by atomic mass is 16.5. The summed E-state index contributed by atoms with van der Waals surface area (Å²) in [5.74, 6) is 0.967. The topological polar surface area (TPSA) is 90.3 Å². The molecule has 1 saturated heterocycles. The average Bonchev–Trinajstić information content (AvgIpc) is 2.47. The third kappa shape index (κ3) is 2.90. The molecule has 3 rings (SSSR count). The van der Waals surface area contributed by atoms with E-state index in [0.717, 1.165) is 36.7 Å². The van der Waals surface area contributed by atoms with E-state index in [2.05, 4.69) is 21.8 Å². The van der Waals surface area contributed by atoms with Gasteiger partial charge in [0.1, 0.15) is 11.6 Å². The molecule has 0 radical (unpaired) electrons.